The molecular weight excluding hydrogens is 745 g/mol. The van der Waals surface area contributed by atoms with Crippen molar-refractivity contribution in [2.24, 2.45) is 0 Å². The minimum Gasteiger partial charge on any atom is -0.309 e. The third kappa shape index (κ3) is 5.38. The van der Waals surface area contributed by atoms with Crippen molar-refractivity contribution in [2.75, 3.05) is 0 Å². The second-order valence-electron chi connectivity index (χ2n) is 16.9. The van der Waals surface area contributed by atoms with Crippen LogP contribution in [0.5, 0.6) is 0 Å². The summed E-state index contributed by atoms with van der Waals surface area (Å²) in [6.07, 6.45) is 0. The van der Waals surface area contributed by atoms with Gasteiger partial charge in [-0.25, -0.2) is 4.98 Å². The van der Waals surface area contributed by atoms with Crippen molar-refractivity contribution < 1.29 is 0 Å². The highest BCUT2D eigenvalue weighted by molar-refractivity contribution is 6.12. The lowest BCUT2D eigenvalue weighted by Gasteiger charge is -2.19. The third-order valence-corrected chi connectivity index (χ3v) is 12.3. The highest BCUT2D eigenvalue weighted by atomic mass is 15.2. The molecule has 0 fully saturated rings. The number of para-hydroxylation sites is 7. The number of nitrogens with zero attached hydrogens (tertiary/aromatic N) is 6. The number of rotatable bonds is 5. The van der Waals surface area contributed by atoms with E-state index in [-0.39, 0.29) is 5.41 Å². The molecule has 0 unspecified atom stereocenters. The fraction of sp³-hybridized carbons (Fsp3) is 0.0727. The van der Waals surface area contributed by atoms with Crippen molar-refractivity contribution >= 4 is 65.4 Å². The maximum atomic E-state index is 5.49. The molecule has 12 aromatic rings. The van der Waals surface area contributed by atoms with Crippen LogP contribution in [0.2, 0.25) is 0 Å². The van der Waals surface area contributed by atoms with Crippen LogP contribution in [0.15, 0.2) is 188 Å². The van der Waals surface area contributed by atoms with Gasteiger partial charge in [0.25, 0.3) is 0 Å². The quantitative estimate of drug-likeness (QED) is 0.175. The van der Waals surface area contributed by atoms with E-state index in [1.165, 1.54) is 27.1 Å². The molecule has 0 radical (unpaired) electrons. The van der Waals surface area contributed by atoms with Crippen LogP contribution in [-0.4, -0.2) is 28.7 Å². The predicted octanol–water partition coefficient (Wildman–Crippen LogP) is 13.8. The van der Waals surface area contributed by atoms with Gasteiger partial charge in [0.15, 0.2) is 11.6 Å². The minimum atomic E-state index is 0.00923. The van der Waals surface area contributed by atoms with Gasteiger partial charge in [-0.3, -0.25) is 4.57 Å². The molecule has 0 amide bonds. The molecule has 6 nitrogen and oxygen atoms in total. The fourth-order valence-electron chi connectivity index (χ4n) is 9.44. The monoisotopic (exact) mass is 784 g/mol. The van der Waals surface area contributed by atoms with Crippen LogP contribution < -0.4 is 0 Å². The lowest BCUT2D eigenvalue weighted by molar-refractivity contribution is 0.591. The largest absolute Gasteiger partial charge is 0.309 e. The first-order valence-corrected chi connectivity index (χ1v) is 20.9. The van der Waals surface area contributed by atoms with Gasteiger partial charge in [0.05, 0.1) is 44.5 Å². The van der Waals surface area contributed by atoms with Gasteiger partial charge in [-0.1, -0.05) is 142 Å². The number of fused-ring (bicyclic) bond motifs is 9. The normalized spacial score (nSPS) is 12.2. The van der Waals surface area contributed by atoms with Crippen LogP contribution in [0.1, 0.15) is 26.3 Å². The summed E-state index contributed by atoms with van der Waals surface area (Å²) in [7, 11) is 0. The van der Waals surface area contributed by atoms with E-state index in [9.17, 15) is 0 Å². The molecule has 0 aliphatic rings. The summed E-state index contributed by atoms with van der Waals surface area (Å²) in [5, 5.41) is 7.12. The summed E-state index contributed by atoms with van der Waals surface area (Å²) in [6, 6.07) is 66.9. The van der Waals surface area contributed by atoms with Crippen molar-refractivity contribution in [1.29, 1.82) is 0 Å². The Labute approximate surface area is 352 Å². The van der Waals surface area contributed by atoms with Gasteiger partial charge in [0.2, 0.25) is 5.95 Å². The Kier molecular flexibility index (Phi) is 7.69. The van der Waals surface area contributed by atoms with Crippen molar-refractivity contribution in [3.63, 3.8) is 0 Å². The molecular formula is C55H40N6. The first-order chi connectivity index (χ1) is 29.9. The van der Waals surface area contributed by atoms with Gasteiger partial charge in [0, 0.05) is 43.4 Å². The Morgan fingerprint density at radius 2 is 0.672 bits per heavy atom. The molecule has 4 heterocycles. The van der Waals surface area contributed by atoms with E-state index >= 15 is 0 Å². The highest BCUT2D eigenvalue weighted by Gasteiger charge is 2.24. The van der Waals surface area contributed by atoms with Gasteiger partial charge in [-0.15, -0.1) is 0 Å². The Bertz CT molecular complexity index is 3600. The predicted molar refractivity (Wildman–Crippen MR) is 252 cm³/mol. The summed E-state index contributed by atoms with van der Waals surface area (Å²) in [5.74, 6) is 1.74. The van der Waals surface area contributed by atoms with Crippen molar-refractivity contribution in [2.45, 2.75) is 26.2 Å². The van der Waals surface area contributed by atoms with Gasteiger partial charge in [0.1, 0.15) is 0 Å². The third-order valence-electron chi connectivity index (χ3n) is 12.3. The second kappa shape index (κ2) is 13.3. The molecule has 0 aliphatic carbocycles. The standard InChI is InChI=1S/C55H40N6/c1-55(2,3)35-32-33-51-43(34-35)40-22-8-13-27-46(40)60(51)50-31-17-10-24-42(50)53-56-52(57-54(58-53)61-47-28-14-6-20-38(47)39-21-7-15-29-48(39)61)41-23-9-16-30-49(41)59-44-25-11-4-18-36(44)37-19-5-12-26-45(37)59/h4-34H,1-3H3. The maximum absolute atomic E-state index is 5.49. The molecule has 0 aliphatic heterocycles. The molecule has 290 valence electrons. The maximum Gasteiger partial charge on any atom is 0.238 e. The first kappa shape index (κ1) is 35.1. The first-order valence-electron chi connectivity index (χ1n) is 20.9. The van der Waals surface area contributed by atoms with Crippen molar-refractivity contribution in [3.8, 4) is 40.1 Å². The zero-order valence-corrected chi connectivity index (χ0v) is 34.1. The lowest BCUT2D eigenvalue weighted by atomic mass is 9.86. The van der Waals surface area contributed by atoms with Crippen LogP contribution in [-0.2, 0) is 5.41 Å². The summed E-state index contributed by atoms with van der Waals surface area (Å²) >= 11 is 0. The van der Waals surface area contributed by atoms with Crippen LogP contribution in [0.3, 0.4) is 0 Å². The molecule has 0 N–H and O–H groups in total. The molecule has 6 heteroatoms. The van der Waals surface area contributed by atoms with Crippen LogP contribution in [0, 0.1) is 0 Å². The molecule has 0 saturated heterocycles. The molecule has 12 rings (SSSR count). The molecule has 0 atom stereocenters. The highest BCUT2D eigenvalue weighted by Crippen LogP contribution is 2.40. The lowest BCUT2D eigenvalue weighted by Crippen LogP contribution is -2.10. The SMILES string of the molecule is CC(C)(C)c1ccc2c(c1)c1ccccc1n2-c1ccccc1-c1nc(-c2ccccc2-n2c3ccccc3c3ccccc32)nc(-n2c3ccccc3c3ccccc32)n1. The van der Waals surface area contributed by atoms with Crippen molar-refractivity contribution in [1.82, 2.24) is 28.7 Å². The molecule has 4 aromatic heterocycles. The van der Waals surface area contributed by atoms with E-state index in [1.807, 2.05) is 0 Å². The summed E-state index contributed by atoms with van der Waals surface area (Å²) in [5.41, 5.74) is 11.7. The van der Waals surface area contributed by atoms with Gasteiger partial charge >= 0.3 is 0 Å². The van der Waals surface area contributed by atoms with E-state index in [4.69, 9.17) is 15.0 Å². The van der Waals surface area contributed by atoms with Gasteiger partial charge in [-0.05, 0) is 77.7 Å². The van der Waals surface area contributed by atoms with Gasteiger partial charge < -0.3 is 9.13 Å². The molecule has 61 heavy (non-hydrogen) atoms. The summed E-state index contributed by atoms with van der Waals surface area (Å²) in [6.45, 7) is 6.82. The number of benzene rings is 8. The van der Waals surface area contributed by atoms with E-state index in [1.54, 1.807) is 0 Å². The zero-order chi connectivity index (χ0) is 40.8. The molecule has 0 saturated carbocycles. The number of hydrogen-bond donors (Lipinski definition) is 0. The second-order valence-corrected chi connectivity index (χ2v) is 16.9. The minimum absolute atomic E-state index is 0.00923. The number of hydrogen-bond acceptors (Lipinski definition) is 3. The van der Waals surface area contributed by atoms with E-state index < -0.39 is 0 Å². The molecule has 0 spiro atoms. The van der Waals surface area contributed by atoms with Crippen LogP contribution in [0.4, 0.5) is 0 Å². The molecule has 8 aromatic carbocycles. The van der Waals surface area contributed by atoms with Gasteiger partial charge in [-0.2, -0.15) is 9.97 Å². The van der Waals surface area contributed by atoms with Crippen molar-refractivity contribution in [3.05, 3.63) is 194 Å². The van der Waals surface area contributed by atoms with E-state index in [2.05, 4.69) is 223 Å². The number of aromatic nitrogens is 6. The topological polar surface area (TPSA) is 53.5 Å². The van der Waals surface area contributed by atoms with Crippen LogP contribution in [0.25, 0.3) is 106 Å². The fourth-order valence-corrected chi connectivity index (χ4v) is 9.44. The zero-order valence-electron chi connectivity index (χ0n) is 34.1. The summed E-state index contributed by atoms with van der Waals surface area (Å²) < 4.78 is 6.92. The summed E-state index contributed by atoms with van der Waals surface area (Å²) in [4.78, 5) is 16.4. The Hall–Kier alpha value is -7.83. The van der Waals surface area contributed by atoms with Crippen LogP contribution >= 0.6 is 0 Å². The van der Waals surface area contributed by atoms with E-state index in [0.29, 0.717) is 17.6 Å². The average molecular weight is 785 g/mol. The molecule has 0 bridgehead atoms. The van der Waals surface area contributed by atoms with E-state index in [0.717, 1.165) is 66.4 Å². The Balaban J connectivity index is 1.17. The smallest absolute Gasteiger partial charge is 0.238 e. The average Bonchev–Trinajstić information content (AvgIpc) is 3.94. The Morgan fingerprint density at radius 3 is 1.10 bits per heavy atom. The Morgan fingerprint density at radius 1 is 0.328 bits per heavy atom.